The number of hydrogen-bond donors (Lipinski definition) is 1. The Morgan fingerprint density at radius 1 is 1.45 bits per heavy atom. The third kappa shape index (κ3) is 4.65. The van der Waals surface area contributed by atoms with Gasteiger partial charge in [0.1, 0.15) is 11.5 Å². The van der Waals surface area contributed by atoms with Gasteiger partial charge in [0, 0.05) is 24.3 Å². The molecule has 1 amide bonds. The Kier molecular flexibility index (Phi) is 6.11. The van der Waals surface area contributed by atoms with E-state index >= 15 is 0 Å². The Morgan fingerprint density at radius 3 is 2.80 bits per heavy atom. The normalized spacial score (nSPS) is 11.7. The first-order valence-electron chi connectivity index (χ1n) is 6.18. The lowest BCUT2D eigenvalue weighted by molar-refractivity contribution is -0.116. The summed E-state index contributed by atoms with van der Waals surface area (Å²) in [7, 11) is 3.13. The first kappa shape index (κ1) is 15.6. The van der Waals surface area contributed by atoms with Gasteiger partial charge in [-0.15, -0.1) is 0 Å². The van der Waals surface area contributed by atoms with Crippen molar-refractivity contribution in [1.29, 1.82) is 5.26 Å². The molecule has 0 fully saturated rings. The highest BCUT2D eigenvalue weighted by Gasteiger charge is 2.04. The number of nitrogens with zero attached hydrogens (tertiary/aromatic N) is 1. The summed E-state index contributed by atoms with van der Waals surface area (Å²) in [5.41, 5.74) is 0.775. The van der Waals surface area contributed by atoms with E-state index in [-0.39, 0.29) is 11.8 Å². The monoisotopic (exact) mass is 274 g/mol. The predicted molar refractivity (Wildman–Crippen MR) is 76.4 cm³/mol. The number of methoxy groups -OCH3 is 2. The molecular weight excluding hydrogens is 256 g/mol. The number of benzene rings is 1. The molecule has 1 aromatic carbocycles. The van der Waals surface area contributed by atoms with Crippen LogP contribution >= 0.6 is 0 Å². The average Bonchev–Trinajstić information content (AvgIpc) is 2.50. The molecular formula is C15H18N2O3. The molecule has 0 aliphatic heterocycles. The zero-order valence-electron chi connectivity index (χ0n) is 11.8. The number of carbonyl (C=O) groups excluding carboxylic acids is 1. The minimum absolute atomic E-state index is 0.206. The van der Waals surface area contributed by atoms with Crippen LogP contribution in [0.1, 0.15) is 12.5 Å². The van der Waals surface area contributed by atoms with Gasteiger partial charge in [-0.05, 0) is 25.1 Å². The Bertz CT molecular complexity index is 532. The summed E-state index contributed by atoms with van der Waals surface area (Å²) < 4.78 is 10.3. The van der Waals surface area contributed by atoms with Gasteiger partial charge in [-0.3, -0.25) is 4.79 Å². The highest BCUT2D eigenvalue weighted by Crippen LogP contribution is 2.25. The number of carbonyl (C=O) groups is 1. The zero-order valence-corrected chi connectivity index (χ0v) is 11.8. The highest BCUT2D eigenvalue weighted by atomic mass is 16.5. The second-order valence-corrected chi connectivity index (χ2v) is 4.22. The summed E-state index contributed by atoms with van der Waals surface area (Å²) in [5, 5.41) is 11.3. The van der Waals surface area contributed by atoms with E-state index in [4.69, 9.17) is 14.7 Å². The van der Waals surface area contributed by atoms with Gasteiger partial charge in [0.05, 0.1) is 26.2 Å². The Morgan fingerprint density at radius 2 is 2.20 bits per heavy atom. The maximum Gasteiger partial charge on any atom is 0.244 e. The van der Waals surface area contributed by atoms with Crippen molar-refractivity contribution in [2.75, 3.05) is 20.8 Å². The minimum Gasteiger partial charge on any atom is -0.497 e. The van der Waals surface area contributed by atoms with Crippen LogP contribution in [0.15, 0.2) is 24.3 Å². The molecule has 0 aromatic heterocycles. The van der Waals surface area contributed by atoms with Crippen LogP contribution in [-0.2, 0) is 4.79 Å². The van der Waals surface area contributed by atoms with Crippen LogP contribution in [-0.4, -0.2) is 26.7 Å². The number of ether oxygens (including phenoxy) is 2. The van der Waals surface area contributed by atoms with Crippen molar-refractivity contribution in [3.63, 3.8) is 0 Å². The van der Waals surface area contributed by atoms with Crippen LogP contribution in [0.4, 0.5) is 0 Å². The molecule has 1 N–H and O–H groups in total. The van der Waals surface area contributed by atoms with E-state index in [2.05, 4.69) is 11.4 Å². The fourth-order valence-electron chi connectivity index (χ4n) is 1.48. The van der Waals surface area contributed by atoms with Crippen LogP contribution in [0.5, 0.6) is 11.5 Å². The summed E-state index contributed by atoms with van der Waals surface area (Å²) in [6.07, 6.45) is 3.07. The Balaban J connectivity index is 2.70. The zero-order chi connectivity index (χ0) is 15.0. The van der Waals surface area contributed by atoms with Gasteiger partial charge in [-0.1, -0.05) is 0 Å². The van der Waals surface area contributed by atoms with Crippen LogP contribution in [0.2, 0.25) is 0 Å². The van der Waals surface area contributed by atoms with E-state index in [1.165, 1.54) is 6.08 Å². The molecule has 106 valence electrons. The van der Waals surface area contributed by atoms with Crippen molar-refractivity contribution >= 4 is 12.0 Å². The van der Waals surface area contributed by atoms with E-state index in [0.29, 0.717) is 18.0 Å². The van der Waals surface area contributed by atoms with Gasteiger partial charge in [-0.25, -0.2) is 0 Å². The molecule has 0 saturated carbocycles. The molecule has 0 aliphatic rings. The fraction of sp³-hybridized carbons (Fsp3) is 0.333. The van der Waals surface area contributed by atoms with E-state index in [9.17, 15) is 4.79 Å². The molecule has 0 radical (unpaired) electrons. The maximum absolute atomic E-state index is 11.6. The van der Waals surface area contributed by atoms with Crippen molar-refractivity contribution in [2.45, 2.75) is 6.92 Å². The molecule has 1 atom stereocenters. The van der Waals surface area contributed by atoms with Crippen molar-refractivity contribution in [3.05, 3.63) is 29.8 Å². The van der Waals surface area contributed by atoms with E-state index in [0.717, 1.165) is 5.56 Å². The lowest BCUT2D eigenvalue weighted by Crippen LogP contribution is -2.25. The van der Waals surface area contributed by atoms with Gasteiger partial charge in [0.15, 0.2) is 0 Å². The molecule has 1 unspecified atom stereocenters. The third-order valence-electron chi connectivity index (χ3n) is 2.66. The van der Waals surface area contributed by atoms with Gasteiger partial charge in [0.25, 0.3) is 0 Å². The van der Waals surface area contributed by atoms with Crippen LogP contribution in [0.3, 0.4) is 0 Å². The SMILES string of the molecule is COc1ccc(/C=C/C(=O)NCC(C)C#N)c(OC)c1. The van der Waals surface area contributed by atoms with Gasteiger partial charge in [0.2, 0.25) is 5.91 Å². The molecule has 0 aliphatic carbocycles. The van der Waals surface area contributed by atoms with E-state index in [1.54, 1.807) is 45.4 Å². The molecule has 20 heavy (non-hydrogen) atoms. The molecule has 1 aromatic rings. The number of rotatable bonds is 6. The highest BCUT2D eigenvalue weighted by molar-refractivity contribution is 5.92. The lowest BCUT2D eigenvalue weighted by Gasteiger charge is -2.07. The lowest BCUT2D eigenvalue weighted by atomic mass is 10.1. The number of amides is 1. The van der Waals surface area contributed by atoms with Crippen molar-refractivity contribution < 1.29 is 14.3 Å². The van der Waals surface area contributed by atoms with Crippen molar-refractivity contribution in [2.24, 2.45) is 5.92 Å². The average molecular weight is 274 g/mol. The number of nitrogens with one attached hydrogen (secondary N) is 1. The number of nitriles is 1. The molecule has 0 heterocycles. The van der Waals surface area contributed by atoms with Gasteiger partial charge in [-0.2, -0.15) is 5.26 Å². The third-order valence-corrected chi connectivity index (χ3v) is 2.66. The van der Waals surface area contributed by atoms with Crippen molar-refractivity contribution in [1.82, 2.24) is 5.32 Å². The van der Waals surface area contributed by atoms with E-state index < -0.39 is 0 Å². The topological polar surface area (TPSA) is 71.3 Å². The van der Waals surface area contributed by atoms with Crippen molar-refractivity contribution in [3.8, 4) is 17.6 Å². The standard InChI is InChI=1S/C15H18N2O3/c1-11(9-16)10-17-15(18)7-5-12-4-6-13(19-2)8-14(12)20-3/h4-8,11H,10H2,1-3H3,(H,17,18)/b7-5+. The maximum atomic E-state index is 11.6. The van der Waals surface area contributed by atoms with Gasteiger partial charge >= 0.3 is 0 Å². The van der Waals surface area contributed by atoms with Gasteiger partial charge < -0.3 is 14.8 Å². The minimum atomic E-state index is -0.245. The molecule has 5 heteroatoms. The Hall–Kier alpha value is -2.48. The summed E-state index contributed by atoms with van der Waals surface area (Å²) in [4.78, 5) is 11.6. The Labute approximate surface area is 118 Å². The van der Waals surface area contributed by atoms with Crippen LogP contribution < -0.4 is 14.8 Å². The molecule has 0 spiro atoms. The molecule has 5 nitrogen and oxygen atoms in total. The predicted octanol–water partition coefficient (Wildman–Crippen LogP) is 1.99. The summed E-state index contributed by atoms with van der Waals surface area (Å²) >= 11 is 0. The smallest absolute Gasteiger partial charge is 0.244 e. The molecule has 0 bridgehead atoms. The first-order chi connectivity index (χ1) is 9.60. The molecule has 0 saturated heterocycles. The molecule has 1 rings (SSSR count). The second kappa shape index (κ2) is 7.85. The van der Waals surface area contributed by atoms with E-state index in [1.807, 2.05) is 0 Å². The second-order valence-electron chi connectivity index (χ2n) is 4.22. The number of hydrogen-bond acceptors (Lipinski definition) is 4. The quantitative estimate of drug-likeness (QED) is 0.805. The fourth-order valence-corrected chi connectivity index (χ4v) is 1.48. The largest absolute Gasteiger partial charge is 0.497 e. The summed E-state index contributed by atoms with van der Waals surface area (Å²) in [6, 6.07) is 7.39. The van der Waals surface area contributed by atoms with Crippen LogP contribution in [0.25, 0.3) is 6.08 Å². The summed E-state index contributed by atoms with van der Waals surface area (Å²) in [6.45, 7) is 2.08. The van der Waals surface area contributed by atoms with Crippen LogP contribution in [0, 0.1) is 17.2 Å². The first-order valence-corrected chi connectivity index (χ1v) is 6.18. The summed E-state index contributed by atoms with van der Waals surface area (Å²) in [5.74, 6) is 0.859.